The van der Waals surface area contributed by atoms with Crippen LogP contribution in [0.15, 0.2) is 6.07 Å². The molecule has 1 fully saturated rings. The Morgan fingerprint density at radius 1 is 1.53 bits per heavy atom. The highest BCUT2D eigenvalue weighted by Gasteiger charge is 2.31. The third-order valence-electron chi connectivity index (χ3n) is 3.30. The number of rotatable bonds is 2. The third kappa shape index (κ3) is 3.76. The number of amides is 1. The van der Waals surface area contributed by atoms with Crippen molar-refractivity contribution >= 4 is 52.9 Å². The van der Waals surface area contributed by atoms with Crippen molar-refractivity contribution in [2.24, 2.45) is 5.73 Å². The molecule has 1 amide bonds. The maximum Gasteiger partial charge on any atom is 0.256 e. The highest BCUT2D eigenvalue weighted by atomic mass is 35.5. The van der Waals surface area contributed by atoms with Crippen LogP contribution < -0.4 is 5.73 Å². The van der Waals surface area contributed by atoms with Crippen molar-refractivity contribution in [1.82, 2.24) is 4.90 Å². The Labute approximate surface area is 133 Å². The maximum atomic E-state index is 12.5. The second-order valence-electron chi connectivity index (χ2n) is 4.66. The summed E-state index contributed by atoms with van der Waals surface area (Å²) in [7, 11) is 0. The molecule has 0 aromatic carbocycles. The van der Waals surface area contributed by atoms with Crippen LogP contribution in [0.4, 0.5) is 0 Å². The standard InChI is InChI=1S/C12H16Cl2N2OS.ClH/c1-7(15)9-4-2-3-5-16(9)12(17)8-6-10(13)18-11(8)14;/h6-7,9H,2-5,15H2,1H3;1H. The topological polar surface area (TPSA) is 46.3 Å². The molecule has 1 aliphatic heterocycles. The zero-order valence-electron chi connectivity index (χ0n) is 10.6. The number of hydrogen-bond donors (Lipinski definition) is 1. The number of carbonyl (C=O) groups is 1. The minimum atomic E-state index is -0.0508. The van der Waals surface area contributed by atoms with Gasteiger partial charge >= 0.3 is 0 Å². The van der Waals surface area contributed by atoms with Gasteiger partial charge in [0.15, 0.2) is 0 Å². The summed E-state index contributed by atoms with van der Waals surface area (Å²) in [6, 6.07) is 1.71. The normalized spacial score (nSPS) is 20.8. The predicted octanol–water partition coefficient (Wildman–Crippen LogP) is 3.82. The molecule has 2 atom stereocenters. The molecule has 2 heterocycles. The molecule has 1 aromatic heterocycles. The van der Waals surface area contributed by atoms with Gasteiger partial charge < -0.3 is 10.6 Å². The van der Waals surface area contributed by atoms with Crippen molar-refractivity contribution in [2.45, 2.75) is 38.3 Å². The van der Waals surface area contributed by atoms with Crippen LogP contribution in [-0.4, -0.2) is 29.4 Å². The zero-order chi connectivity index (χ0) is 13.3. The lowest BCUT2D eigenvalue weighted by molar-refractivity contribution is 0.0584. The number of nitrogens with two attached hydrogens (primary N) is 1. The number of thiophene rings is 1. The molecule has 7 heteroatoms. The fourth-order valence-electron chi connectivity index (χ4n) is 2.40. The SMILES string of the molecule is CC(N)C1CCCCN1C(=O)c1cc(Cl)sc1Cl.Cl. The van der Waals surface area contributed by atoms with Gasteiger partial charge in [0, 0.05) is 18.6 Å². The van der Waals surface area contributed by atoms with Crippen molar-refractivity contribution in [2.75, 3.05) is 6.54 Å². The summed E-state index contributed by atoms with van der Waals surface area (Å²) < 4.78 is 0.997. The number of halogens is 3. The van der Waals surface area contributed by atoms with Crippen LogP contribution in [0.2, 0.25) is 8.67 Å². The molecule has 0 spiro atoms. The molecule has 2 rings (SSSR count). The molecule has 0 saturated carbocycles. The van der Waals surface area contributed by atoms with Gasteiger partial charge in [0.2, 0.25) is 0 Å². The molecule has 0 radical (unpaired) electrons. The van der Waals surface area contributed by atoms with Gasteiger partial charge in [-0.25, -0.2) is 0 Å². The molecule has 108 valence electrons. The van der Waals surface area contributed by atoms with E-state index in [-0.39, 0.29) is 30.4 Å². The molecule has 1 aliphatic rings. The molecular weight excluding hydrogens is 327 g/mol. The average Bonchev–Trinajstić information content (AvgIpc) is 2.67. The van der Waals surface area contributed by atoms with E-state index < -0.39 is 0 Å². The maximum absolute atomic E-state index is 12.5. The van der Waals surface area contributed by atoms with Crippen molar-refractivity contribution in [3.05, 3.63) is 20.3 Å². The van der Waals surface area contributed by atoms with Crippen LogP contribution in [-0.2, 0) is 0 Å². The smallest absolute Gasteiger partial charge is 0.256 e. The molecular formula is C12H17Cl3N2OS. The van der Waals surface area contributed by atoms with E-state index in [0.29, 0.717) is 14.2 Å². The van der Waals surface area contributed by atoms with Gasteiger partial charge in [0.1, 0.15) is 4.34 Å². The molecule has 2 N–H and O–H groups in total. The number of piperidine rings is 1. The molecule has 0 aliphatic carbocycles. The number of likely N-dealkylation sites (tertiary alicyclic amines) is 1. The van der Waals surface area contributed by atoms with Crippen molar-refractivity contribution in [1.29, 1.82) is 0 Å². The predicted molar refractivity (Wildman–Crippen MR) is 83.9 cm³/mol. The van der Waals surface area contributed by atoms with Gasteiger partial charge in [-0.05, 0) is 32.3 Å². The van der Waals surface area contributed by atoms with Gasteiger partial charge in [-0.1, -0.05) is 23.2 Å². The second-order valence-corrected chi connectivity index (χ2v) is 6.94. The summed E-state index contributed by atoms with van der Waals surface area (Å²) >= 11 is 13.2. The molecule has 1 saturated heterocycles. The van der Waals surface area contributed by atoms with E-state index in [0.717, 1.165) is 25.8 Å². The summed E-state index contributed by atoms with van der Waals surface area (Å²) in [5.74, 6) is -0.0508. The first-order valence-electron chi connectivity index (χ1n) is 6.02. The Bertz CT molecular complexity index is 450. The van der Waals surface area contributed by atoms with E-state index in [1.807, 2.05) is 11.8 Å². The van der Waals surface area contributed by atoms with Gasteiger partial charge in [-0.3, -0.25) is 4.79 Å². The van der Waals surface area contributed by atoms with Crippen LogP contribution in [0.3, 0.4) is 0 Å². The Hall–Kier alpha value is -0.000000000000000222. The average molecular weight is 344 g/mol. The minimum absolute atomic E-state index is 0. The van der Waals surface area contributed by atoms with Gasteiger partial charge in [-0.2, -0.15) is 0 Å². The Kier molecular flexibility index (Phi) is 6.40. The first-order chi connectivity index (χ1) is 8.50. The largest absolute Gasteiger partial charge is 0.334 e. The van der Waals surface area contributed by atoms with E-state index in [1.165, 1.54) is 11.3 Å². The number of hydrogen-bond acceptors (Lipinski definition) is 3. The van der Waals surface area contributed by atoms with Crippen LogP contribution in [0.1, 0.15) is 36.5 Å². The molecule has 2 unspecified atom stereocenters. The van der Waals surface area contributed by atoms with Gasteiger partial charge in [0.25, 0.3) is 5.91 Å². The molecule has 1 aromatic rings. The molecule has 19 heavy (non-hydrogen) atoms. The van der Waals surface area contributed by atoms with Crippen LogP contribution in [0.25, 0.3) is 0 Å². The van der Waals surface area contributed by atoms with Gasteiger partial charge in [-0.15, -0.1) is 23.7 Å². The van der Waals surface area contributed by atoms with Crippen molar-refractivity contribution in [3.8, 4) is 0 Å². The Morgan fingerprint density at radius 2 is 2.21 bits per heavy atom. The first-order valence-corrected chi connectivity index (χ1v) is 7.59. The summed E-state index contributed by atoms with van der Waals surface area (Å²) in [5.41, 5.74) is 6.47. The lowest BCUT2D eigenvalue weighted by Crippen LogP contribution is -2.51. The number of carbonyl (C=O) groups excluding carboxylic acids is 1. The van der Waals surface area contributed by atoms with E-state index in [1.54, 1.807) is 6.07 Å². The Balaban J connectivity index is 0.00000180. The van der Waals surface area contributed by atoms with Crippen molar-refractivity contribution < 1.29 is 4.79 Å². The molecule has 0 bridgehead atoms. The van der Waals surface area contributed by atoms with E-state index in [9.17, 15) is 4.79 Å². The summed E-state index contributed by atoms with van der Waals surface area (Å²) in [6.45, 7) is 2.69. The fourth-order valence-corrected chi connectivity index (χ4v) is 3.84. The summed E-state index contributed by atoms with van der Waals surface area (Å²) in [4.78, 5) is 14.3. The summed E-state index contributed by atoms with van der Waals surface area (Å²) in [6.07, 6.45) is 3.09. The first kappa shape index (κ1) is 17.1. The lowest BCUT2D eigenvalue weighted by Gasteiger charge is -2.38. The van der Waals surface area contributed by atoms with E-state index >= 15 is 0 Å². The van der Waals surface area contributed by atoms with Crippen LogP contribution >= 0.6 is 46.9 Å². The summed E-state index contributed by atoms with van der Waals surface area (Å²) in [5, 5.41) is 0. The third-order valence-corrected chi connectivity index (χ3v) is 4.79. The lowest BCUT2D eigenvalue weighted by atomic mass is 9.96. The van der Waals surface area contributed by atoms with E-state index in [2.05, 4.69) is 0 Å². The number of nitrogens with zero attached hydrogens (tertiary/aromatic N) is 1. The van der Waals surface area contributed by atoms with Crippen LogP contribution in [0.5, 0.6) is 0 Å². The van der Waals surface area contributed by atoms with Gasteiger partial charge in [0.05, 0.1) is 9.90 Å². The second kappa shape index (κ2) is 7.14. The zero-order valence-corrected chi connectivity index (χ0v) is 13.7. The highest BCUT2D eigenvalue weighted by molar-refractivity contribution is 7.20. The van der Waals surface area contributed by atoms with Crippen molar-refractivity contribution in [3.63, 3.8) is 0 Å². The Morgan fingerprint density at radius 3 is 2.74 bits per heavy atom. The van der Waals surface area contributed by atoms with Crippen LogP contribution in [0, 0.1) is 0 Å². The monoisotopic (exact) mass is 342 g/mol. The highest BCUT2D eigenvalue weighted by Crippen LogP contribution is 2.33. The minimum Gasteiger partial charge on any atom is -0.334 e. The fraction of sp³-hybridized carbons (Fsp3) is 0.583. The quantitative estimate of drug-likeness (QED) is 0.887. The molecule has 3 nitrogen and oxygen atoms in total. The van der Waals surface area contributed by atoms with E-state index in [4.69, 9.17) is 28.9 Å².